The lowest BCUT2D eigenvalue weighted by Crippen LogP contribution is -2.46. The van der Waals surface area contributed by atoms with Gasteiger partial charge in [-0.3, -0.25) is 0 Å². The Labute approximate surface area is 125 Å². The van der Waals surface area contributed by atoms with Gasteiger partial charge in [-0.05, 0) is 24.6 Å². The lowest BCUT2D eigenvalue weighted by molar-refractivity contribution is 0.395. The first-order valence-electron chi connectivity index (χ1n) is 7.17. The van der Waals surface area contributed by atoms with Gasteiger partial charge in [0.15, 0.2) is 0 Å². The van der Waals surface area contributed by atoms with E-state index in [0.29, 0.717) is 11.9 Å². The molecule has 1 aliphatic rings. The van der Waals surface area contributed by atoms with Gasteiger partial charge >= 0.3 is 0 Å². The van der Waals surface area contributed by atoms with Crippen molar-refractivity contribution in [2.75, 3.05) is 25.6 Å². The summed E-state index contributed by atoms with van der Waals surface area (Å²) in [6.45, 7) is 1.73. The van der Waals surface area contributed by atoms with Crippen LogP contribution in [0.3, 0.4) is 0 Å². The summed E-state index contributed by atoms with van der Waals surface area (Å²) >= 11 is 0. The van der Waals surface area contributed by atoms with Crippen molar-refractivity contribution >= 4 is 5.95 Å². The number of fused-ring (bicyclic) bond motifs is 1. The molecule has 0 bridgehead atoms. The minimum atomic E-state index is 0.344. The molecule has 1 aromatic heterocycles. The van der Waals surface area contributed by atoms with E-state index < -0.39 is 0 Å². The summed E-state index contributed by atoms with van der Waals surface area (Å²) in [5.74, 6) is 1.33. The summed E-state index contributed by atoms with van der Waals surface area (Å²) in [6.07, 6.45) is 2.75. The number of likely N-dealkylation sites (N-methyl/N-ethyl adjacent to an activating group) is 1. The Kier molecular flexibility index (Phi) is 4.01. The van der Waals surface area contributed by atoms with Gasteiger partial charge in [0, 0.05) is 31.4 Å². The fraction of sp³-hybridized carbons (Fsp3) is 0.375. The number of aromatic nitrogens is 2. The fourth-order valence-corrected chi connectivity index (χ4v) is 2.82. The molecule has 2 aromatic rings. The van der Waals surface area contributed by atoms with Crippen LogP contribution < -0.4 is 15.0 Å². The molecular weight excluding hydrogens is 264 g/mol. The molecular formula is C16H20N4O. The van der Waals surface area contributed by atoms with Crippen molar-refractivity contribution in [2.45, 2.75) is 19.0 Å². The van der Waals surface area contributed by atoms with Crippen LogP contribution in [0.1, 0.15) is 11.1 Å². The number of nitrogens with one attached hydrogen (secondary N) is 1. The van der Waals surface area contributed by atoms with Gasteiger partial charge in [0.1, 0.15) is 0 Å². The summed E-state index contributed by atoms with van der Waals surface area (Å²) in [6, 6.07) is 10.7. The van der Waals surface area contributed by atoms with Crippen molar-refractivity contribution < 1.29 is 4.74 Å². The Hall–Kier alpha value is -2.14. The molecule has 5 nitrogen and oxygen atoms in total. The molecule has 2 heterocycles. The van der Waals surface area contributed by atoms with Gasteiger partial charge in [-0.15, -0.1) is 0 Å². The van der Waals surface area contributed by atoms with Crippen LogP contribution in [0.2, 0.25) is 0 Å². The van der Waals surface area contributed by atoms with Crippen molar-refractivity contribution in [3.05, 3.63) is 47.7 Å². The normalized spacial score (nSPS) is 17.4. The Morgan fingerprint density at radius 1 is 1.29 bits per heavy atom. The number of rotatable bonds is 4. The number of anilines is 1. The van der Waals surface area contributed by atoms with Gasteiger partial charge in [-0.25, -0.2) is 4.98 Å². The highest BCUT2D eigenvalue weighted by molar-refractivity contribution is 5.42. The number of methoxy groups -OCH3 is 1. The maximum Gasteiger partial charge on any atom is 0.229 e. The molecule has 0 saturated heterocycles. The highest BCUT2D eigenvalue weighted by Crippen LogP contribution is 2.26. The first-order valence-corrected chi connectivity index (χ1v) is 7.17. The molecule has 0 saturated carbocycles. The minimum absolute atomic E-state index is 0.344. The molecule has 1 aliphatic heterocycles. The van der Waals surface area contributed by atoms with E-state index in [9.17, 15) is 0 Å². The zero-order valence-electron chi connectivity index (χ0n) is 12.4. The first-order chi connectivity index (χ1) is 10.3. The van der Waals surface area contributed by atoms with Crippen molar-refractivity contribution in [1.82, 2.24) is 15.3 Å². The Morgan fingerprint density at radius 3 is 2.86 bits per heavy atom. The van der Waals surface area contributed by atoms with Crippen molar-refractivity contribution in [1.29, 1.82) is 0 Å². The lowest BCUT2D eigenvalue weighted by atomic mass is 9.94. The molecule has 0 radical (unpaired) electrons. The number of hydrogen-bond donors (Lipinski definition) is 1. The van der Waals surface area contributed by atoms with Crippen LogP contribution >= 0.6 is 0 Å². The topological polar surface area (TPSA) is 50.3 Å². The smallest absolute Gasteiger partial charge is 0.229 e. The van der Waals surface area contributed by atoms with Crippen molar-refractivity contribution in [2.24, 2.45) is 0 Å². The van der Waals surface area contributed by atoms with Crippen LogP contribution in [0.4, 0.5) is 5.95 Å². The fourth-order valence-electron chi connectivity index (χ4n) is 2.82. The van der Waals surface area contributed by atoms with E-state index in [1.165, 1.54) is 11.1 Å². The van der Waals surface area contributed by atoms with E-state index >= 15 is 0 Å². The second-order valence-corrected chi connectivity index (χ2v) is 5.21. The average Bonchev–Trinajstić information content (AvgIpc) is 2.54. The monoisotopic (exact) mass is 284 g/mol. The quantitative estimate of drug-likeness (QED) is 0.925. The third kappa shape index (κ3) is 2.83. The van der Waals surface area contributed by atoms with E-state index in [1.807, 2.05) is 7.05 Å². The van der Waals surface area contributed by atoms with Gasteiger partial charge in [-0.2, -0.15) is 4.98 Å². The number of nitrogens with zero attached hydrogens (tertiary/aromatic N) is 3. The molecule has 21 heavy (non-hydrogen) atoms. The van der Waals surface area contributed by atoms with Gasteiger partial charge in [0.05, 0.1) is 7.11 Å². The number of ether oxygens (including phenoxy) is 1. The molecule has 5 heteroatoms. The SMILES string of the molecule is CNCC1Cc2ccccc2CN1c1nccc(OC)n1. The third-order valence-corrected chi connectivity index (χ3v) is 3.88. The van der Waals surface area contributed by atoms with E-state index in [1.54, 1.807) is 19.4 Å². The van der Waals surface area contributed by atoms with Crippen LogP contribution in [0.25, 0.3) is 0 Å². The molecule has 1 atom stereocenters. The van der Waals surface area contributed by atoms with Crippen LogP contribution in [0, 0.1) is 0 Å². The summed E-state index contributed by atoms with van der Waals surface area (Å²) in [5.41, 5.74) is 2.76. The molecule has 1 N–H and O–H groups in total. The van der Waals surface area contributed by atoms with Gasteiger partial charge in [-0.1, -0.05) is 24.3 Å². The van der Waals surface area contributed by atoms with Gasteiger partial charge < -0.3 is 15.0 Å². The van der Waals surface area contributed by atoms with Crippen molar-refractivity contribution in [3.63, 3.8) is 0 Å². The first kappa shape index (κ1) is 13.8. The molecule has 0 aliphatic carbocycles. The molecule has 1 unspecified atom stereocenters. The molecule has 0 fully saturated rings. The second-order valence-electron chi connectivity index (χ2n) is 5.21. The third-order valence-electron chi connectivity index (χ3n) is 3.88. The molecule has 0 amide bonds. The summed E-state index contributed by atoms with van der Waals surface area (Å²) in [5, 5.41) is 3.27. The summed E-state index contributed by atoms with van der Waals surface area (Å²) in [4.78, 5) is 11.2. The number of hydrogen-bond acceptors (Lipinski definition) is 5. The summed E-state index contributed by atoms with van der Waals surface area (Å²) < 4.78 is 5.22. The van der Waals surface area contributed by atoms with Crippen LogP contribution in [0.5, 0.6) is 5.88 Å². The molecule has 3 rings (SSSR count). The van der Waals surface area contributed by atoms with Crippen LogP contribution in [0.15, 0.2) is 36.5 Å². The largest absolute Gasteiger partial charge is 0.481 e. The Bertz CT molecular complexity index is 617. The minimum Gasteiger partial charge on any atom is -0.481 e. The van der Waals surface area contributed by atoms with E-state index in [0.717, 1.165) is 25.5 Å². The highest BCUT2D eigenvalue weighted by atomic mass is 16.5. The maximum absolute atomic E-state index is 5.22. The summed E-state index contributed by atoms with van der Waals surface area (Å²) in [7, 11) is 3.60. The van der Waals surface area contributed by atoms with E-state index in [4.69, 9.17) is 4.74 Å². The number of benzene rings is 1. The zero-order valence-corrected chi connectivity index (χ0v) is 12.4. The van der Waals surface area contributed by atoms with Gasteiger partial charge in [0.2, 0.25) is 11.8 Å². The molecule has 110 valence electrons. The average molecular weight is 284 g/mol. The van der Waals surface area contributed by atoms with E-state index in [-0.39, 0.29) is 0 Å². The maximum atomic E-state index is 5.22. The predicted octanol–water partition coefficient (Wildman–Crippen LogP) is 1.64. The standard InChI is InChI=1S/C16H20N4O/c1-17-10-14-9-12-5-3-4-6-13(12)11-20(14)16-18-8-7-15(19-16)21-2/h3-8,14,17H,9-11H2,1-2H3. The van der Waals surface area contributed by atoms with Crippen LogP contribution in [-0.4, -0.2) is 36.7 Å². The second kappa shape index (κ2) is 6.10. The Morgan fingerprint density at radius 2 is 2.10 bits per heavy atom. The van der Waals surface area contributed by atoms with Crippen LogP contribution in [-0.2, 0) is 13.0 Å². The molecule has 0 spiro atoms. The highest BCUT2D eigenvalue weighted by Gasteiger charge is 2.27. The molecule has 1 aromatic carbocycles. The van der Waals surface area contributed by atoms with E-state index in [2.05, 4.69) is 44.5 Å². The Balaban J connectivity index is 1.94. The lowest BCUT2D eigenvalue weighted by Gasteiger charge is -2.37. The zero-order chi connectivity index (χ0) is 14.7. The van der Waals surface area contributed by atoms with Gasteiger partial charge in [0.25, 0.3) is 0 Å². The van der Waals surface area contributed by atoms with Crippen molar-refractivity contribution in [3.8, 4) is 5.88 Å². The predicted molar refractivity (Wildman–Crippen MR) is 82.6 cm³/mol.